The van der Waals surface area contributed by atoms with Gasteiger partial charge in [0.15, 0.2) is 11.0 Å². The third-order valence-corrected chi connectivity index (χ3v) is 8.39. The van der Waals surface area contributed by atoms with E-state index in [4.69, 9.17) is 16.3 Å². The van der Waals surface area contributed by atoms with E-state index in [-0.39, 0.29) is 35.2 Å². The van der Waals surface area contributed by atoms with E-state index in [1.165, 1.54) is 23.8 Å². The zero-order valence-electron chi connectivity index (χ0n) is 20.2. The molecule has 4 bridgehead atoms. The number of esters is 1. The molecule has 0 radical (unpaired) electrons. The van der Waals surface area contributed by atoms with Crippen LogP contribution in [0.4, 0.5) is 5.82 Å². The van der Waals surface area contributed by atoms with Crippen molar-refractivity contribution in [2.24, 2.45) is 17.8 Å². The van der Waals surface area contributed by atoms with Crippen molar-refractivity contribution in [3.8, 4) is 11.3 Å². The maximum Gasteiger partial charge on any atom is 0.326 e. The molecular weight excluding hydrogens is 474 g/mol. The number of hydrogen-bond donors (Lipinski definition) is 1. The zero-order chi connectivity index (χ0) is 24.7. The first-order chi connectivity index (χ1) is 17.5. The fraction of sp³-hybridized carbons (Fsp3) is 0.414. The summed E-state index contributed by atoms with van der Waals surface area (Å²) in [7, 11) is 0. The molecule has 1 heterocycles. The van der Waals surface area contributed by atoms with Crippen LogP contribution in [0.2, 0.25) is 5.15 Å². The van der Waals surface area contributed by atoms with Crippen LogP contribution in [-0.2, 0) is 22.7 Å². The van der Waals surface area contributed by atoms with Gasteiger partial charge in [0.25, 0.3) is 5.56 Å². The number of carbonyl (C=O) groups is 1. The number of benzene rings is 2. The average molecular weight is 504 g/mol. The molecule has 4 aliphatic rings. The minimum absolute atomic E-state index is 0.107. The second-order valence-electron chi connectivity index (χ2n) is 10.8. The van der Waals surface area contributed by atoms with Gasteiger partial charge in [0.2, 0.25) is 0 Å². The van der Waals surface area contributed by atoms with Crippen molar-refractivity contribution in [3.63, 3.8) is 0 Å². The van der Waals surface area contributed by atoms with Crippen molar-refractivity contribution in [1.82, 2.24) is 9.55 Å². The van der Waals surface area contributed by atoms with Crippen LogP contribution < -0.4 is 10.9 Å². The van der Waals surface area contributed by atoms with Crippen LogP contribution in [0.15, 0.2) is 65.5 Å². The van der Waals surface area contributed by atoms with Gasteiger partial charge in [-0.1, -0.05) is 72.3 Å². The summed E-state index contributed by atoms with van der Waals surface area (Å²) in [4.78, 5) is 31.3. The second kappa shape index (κ2) is 9.40. The number of carbonyl (C=O) groups excluding carboxylic acids is 1. The molecule has 0 aliphatic heterocycles. The van der Waals surface area contributed by atoms with Crippen molar-refractivity contribution >= 4 is 23.4 Å². The van der Waals surface area contributed by atoms with Crippen molar-refractivity contribution in [1.29, 1.82) is 0 Å². The summed E-state index contributed by atoms with van der Waals surface area (Å²) >= 11 is 6.72. The molecule has 36 heavy (non-hydrogen) atoms. The highest BCUT2D eigenvalue weighted by Crippen LogP contribution is 2.56. The van der Waals surface area contributed by atoms with E-state index >= 15 is 0 Å². The SMILES string of the molecule is O=C(Cn1c(-c2ccccc2)c(Cl)nc(NC23CC4CC(CC(C4)C2)C3)c1=O)OCc1ccccc1. The van der Waals surface area contributed by atoms with Crippen LogP contribution >= 0.6 is 11.6 Å². The normalized spacial score (nSPS) is 26.1. The molecule has 0 unspecified atom stereocenters. The Morgan fingerprint density at radius 3 is 2.17 bits per heavy atom. The van der Waals surface area contributed by atoms with Crippen LogP contribution in [0, 0.1) is 17.8 Å². The molecule has 6 nitrogen and oxygen atoms in total. The van der Waals surface area contributed by atoms with E-state index in [1.807, 2.05) is 60.7 Å². The molecule has 7 rings (SSSR count). The van der Waals surface area contributed by atoms with Crippen molar-refractivity contribution in [2.75, 3.05) is 5.32 Å². The quantitative estimate of drug-likeness (QED) is 0.419. The van der Waals surface area contributed by atoms with E-state index in [0.717, 1.165) is 48.1 Å². The largest absolute Gasteiger partial charge is 0.459 e. The summed E-state index contributed by atoms with van der Waals surface area (Å²) in [5.41, 5.74) is 1.59. The molecule has 7 heteroatoms. The molecule has 1 N–H and O–H groups in total. The van der Waals surface area contributed by atoms with Gasteiger partial charge in [-0.2, -0.15) is 0 Å². The predicted molar refractivity (Wildman–Crippen MR) is 140 cm³/mol. The Morgan fingerprint density at radius 2 is 1.56 bits per heavy atom. The van der Waals surface area contributed by atoms with Gasteiger partial charge in [0.05, 0.1) is 5.69 Å². The van der Waals surface area contributed by atoms with Gasteiger partial charge in [-0.15, -0.1) is 0 Å². The van der Waals surface area contributed by atoms with Gasteiger partial charge in [0.1, 0.15) is 13.2 Å². The fourth-order valence-electron chi connectivity index (χ4n) is 7.07. The zero-order valence-corrected chi connectivity index (χ0v) is 20.9. The number of ether oxygens (including phenoxy) is 1. The van der Waals surface area contributed by atoms with E-state index in [2.05, 4.69) is 10.3 Å². The van der Waals surface area contributed by atoms with Crippen LogP contribution in [0.1, 0.15) is 44.1 Å². The van der Waals surface area contributed by atoms with E-state index in [1.54, 1.807) is 0 Å². The Bertz CT molecular complexity index is 1290. The average Bonchev–Trinajstić information content (AvgIpc) is 2.86. The summed E-state index contributed by atoms with van der Waals surface area (Å²) in [6, 6.07) is 18.8. The van der Waals surface area contributed by atoms with Gasteiger partial charge in [-0.05, 0) is 61.8 Å². The lowest BCUT2D eigenvalue weighted by atomic mass is 9.53. The molecule has 3 aromatic rings. The minimum Gasteiger partial charge on any atom is -0.459 e. The van der Waals surface area contributed by atoms with Crippen molar-refractivity contribution < 1.29 is 9.53 Å². The van der Waals surface area contributed by atoms with Gasteiger partial charge >= 0.3 is 5.97 Å². The molecule has 4 fully saturated rings. The first-order valence-electron chi connectivity index (χ1n) is 12.8. The molecular formula is C29H30ClN3O3. The Hall–Kier alpha value is -3.12. The topological polar surface area (TPSA) is 73.2 Å². The molecule has 4 aliphatic carbocycles. The Morgan fingerprint density at radius 1 is 0.972 bits per heavy atom. The first-order valence-corrected chi connectivity index (χ1v) is 13.2. The second-order valence-corrected chi connectivity index (χ2v) is 11.2. The smallest absolute Gasteiger partial charge is 0.326 e. The number of hydrogen-bond acceptors (Lipinski definition) is 5. The van der Waals surface area contributed by atoms with Crippen LogP contribution in [-0.4, -0.2) is 21.1 Å². The summed E-state index contributed by atoms with van der Waals surface area (Å²) in [5.74, 6) is 1.90. The number of aromatic nitrogens is 2. The summed E-state index contributed by atoms with van der Waals surface area (Å²) in [6.07, 6.45) is 7.12. The van der Waals surface area contributed by atoms with Crippen LogP contribution in [0.3, 0.4) is 0 Å². The Labute approximate surface area is 215 Å². The molecule has 4 saturated carbocycles. The standard InChI is InChI=1S/C29H30ClN3O3/c30-26-25(23-9-5-2-6-10-23)33(17-24(34)36-18-19-7-3-1-4-8-19)28(35)27(31-26)32-29-14-20-11-21(15-29)13-22(12-20)16-29/h1-10,20-22H,11-18H2,(H,31,32). The lowest BCUT2D eigenvalue weighted by Crippen LogP contribution is -2.55. The van der Waals surface area contributed by atoms with E-state index in [9.17, 15) is 9.59 Å². The molecule has 0 amide bonds. The summed E-state index contributed by atoms with van der Waals surface area (Å²) in [5, 5.41) is 3.76. The Kier molecular flexibility index (Phi) is 6.08. The number of nitrogens with zero attached hydrogens (tertiary/aromatic N) is 2. The predicted octanol–water partition coefficient (Wildman–Crippen LogP) is 5.69. The molecule has 2 aromatic carbocycles. The van der Waals surface area contributed by atoms with E-state index in [0.29, 0.717) is 5.69 Å². The van der Waals surface area contributed by atoms with Crippen molar-refractivity contribution in [2.45, 2.75) is 57.2 Å². The monoisotopic (exact) mass is 503 g/mol. The number of nitrogens with one attached hydrogen (secondary N) is 1. The van der Waals surface area contributed by atoms with Gasteiger partial charge in [0, 0.05) is 11.1 Å². The molecule has 0 atom stereocenters. The third-order valence-electron chi connectivity index (χ3n) is 8.12. The van der Waals surface area contributed by atoms with Gasteiger partial charge < -0.3 is 10.1 Å². The molecule has 186 valence electrons. The highest BCUT2D eigenvalue weighted by molar-refractivity contribution is 6.32. The third kappa shape index (κ3) is 4.55. The van der Waals surface area contributed by atoms with E-state index < -0.39 is 5.97 Å². The number of halogens is 1. The Balaban J connectivity index is 1.32. The summed E-state index contributed by atoms with van der Waals surface area (Å²) < 4.78 is 6.93. The number of rotatable bonds is 7. The van der Waals surface area contributed by atoms with Gasteiger partial charge in [-0.3, -0.25) is 14.2 Å². The highest BCUT2D eigenvalue weighted by Gasteiger charge is 2.51. The van der Waals surface area contributed by atoms with Gasteiger partial charge in [-0.25, -0.2) is 4.98 Å². The number of anilines is 1. The maximum absolute atomic E-state index is 13.8. The maximum atomic E-state index is 13.8. The molecule has 0 spiro atoms. The summed E-state index contributed by atoms with van der Waals surface area (Å²) in [6.45, 7) is -0.0972. The van der Waals surface area contributed by atoms with Crippen molar-refractivity contribution in [3.05, 3.63) is 81.7 Å². The lowest BCUT2D eigenvalue weighted by Gasteiger charge is -2.57. The highest BCUT2D eigenvalue weighted by atomic mass is 35.5. The lowest BCUT2D eigenvalue weighted by molar-refractivity contribution is -0.145. The van der Waals surface area contributed by atoms with Crippen LogP contribution in [0.5, 0.6) is 0 Å². The van der Waals surface area contributed by atoms with Crippen LogP contribution in [0.25, 0.3) is 11.3 Å². The first kappa shape index (κ1) is 23.3. The minimum atomic E-state index is -0.499. The molecule has 0 saturated heterocycles. The fourth-order valence-corrected chi connectivity index (χ4v) is 7.37. The molecule has 1 aromatic heterocycles.